The molecule has 0 aliphatic rings. The summed E-state index contributed by atoms with van der Waals surface area (Å²) in [6.07, 6.45) is 0.797. The Morgan fingerprint density at radius 2 is 1.95 bits per heavy atom. The molecule has 0 aliphatic carbocycles. The van der Waals surface area contributed by atoms with Crippen LogP contribution in [0, 0.1) is 24.7 Å². The molecule has 116 valence electrons. The van der Waals surface area contributed by atoms with E-state index in [4.69, 9.17) is 5.73 Å². The number of rotatable bonds is 5. The van der Waals surface area contributed by atoms with Gasteiger partial charge in [-0.05, 0) is 43.9 Å². The topological polar surface area (TPSA) is 72.2 Å². The van der Waals surface area contributed by atoms with Crippen molar-refractivity contribution in [1.82, 2.24) is 4.72 Å². The first kappa shape index (κ1) is 17.7. The molecule has 1 aromatic rings. The third kappa shape index (κ3) is 5.50. The minimum atomic E-state index is -3.53. The van der Waals surface area contributed by atoms with Gasteiger partial charge in [0.25, 0.3) is 0 Å². The van der Waals surface area contributed by atoms with Crippen molar-refractivity contribution in [2.45, 2.75) is 45.1 Å². The number of benzene rings is 1. The Balaban J connectivity index is 3.07. The van der Waals surface area contributed by atoms with Gasteiger partial charge in [0, 0.05) is 11.6 Å². The lowest BCUT2D eigenvalue weighted by molar-refractivity contribution is 0.482. The zero-order valence-corrected chi connectivity index (χ0v) is 13.9. The summed E-state index contributed by atoms with van der Waals surface area (Å²) in [5.74, 6) is 6.03. The molecule has 0 saturated carbocycles. The van der Waals surface area contributed by atoms with Crippen molar-refractivity contribution >= 4 is 10.0 Å². The maximum Gasteiger partial charge on any atom is 0.241 e. The van der Waals surface area contributed by atoms with Crippen LogP contribution in [-0.2, 0) is 10.0 Å². The SMILES string of the molecule is Cc1ccc(C#CCN)cc1S(=O)(=O)NC(C)CC(C)C. The summed E-state index contributed by atoms with van der Waals surface area (Å²) in [7, 11) is -3.53. The fourth-order valence-electron chi connectivity index (χ4n) is 2.20. The Labute approximate surface area is 128 Å². The van der Waals surface area contributed by atoms with Crippen LogP contribution >= 0.6 is 0 Å². The van der Waals surface area contributed by atoms with Crippen LogP contribution in [0.4, 0.5) is 0 Å². The first-order valence-electron chi connectivity index (χ1n) is 7.08. The van der Waals surface area contributed by atoms with Crippen LogP contribution in [0.3, 0.4) is 0 Å². The van der Waals surface area contributed by atoms with E-state index in [0.717, 1.165) is 6.42 Å². The first-order valence-corrected chi connectivity index (χ1v) is 8.56. The number of sulfonamides is 1. The van der Waals surface area contributed by atoms with Gasteiger partial charge in [0.15, 0.2) is 0 Å². The predicted molar refractivity (Wildman–Crippen MR) is 86.3 cm³/mol. The van der Waals surface area contributed by atoms with E-state index in [1.807, 2.05) is 6.92 Å². The van der Waals surface area contributed by atoms with Crippen LogP contribution in [0.25, 0.3) is 0 Å². The van der Waals surface area contributed by atoms with Gasteiger partial charge in [0.05, 0.1) is 11.4 Å². The molecule has 21 heavy (non-hydrogen) atoms. The summed E-state index contributed by atoms with van der Waals surface area (Å²) < 4.78 is 27.7. The molecule has 0 aromatic heterocycles. The second kappa shape index (κ2) is 7.60. The normalized spacial score (nSPS) is 12.9. The quantitative estimate of drug-likeness (QED) is 0.817. The average Bonchev–Trinajstić information content (AvgIpc) is 2.35. The molecule has 0 heterocycles. The smallest absolute Gasteiger partial charge is 0.241 e. The highest BCUT2D eigenvalue weighted by Crippen LogP contribution is 2.18. The standard InChI is InChI=1S/C16H24N2O2S/c1-12(2)10-14(4)18-21(19,20)16-11-15(6-5-9-17)8-7-13(16)3/h7-8,11-12,14,18H,9-10,17H2,1-4H3. The lowest BCUT2D eigenvalue weighted by Gasteiger charge is -2.17. The number of hydrogen-bond acceptors (Lipinski definition) is 3. The molecular weight excluding hydrogens is 284 g/mol. The van der Waals surface area contributed by atoms with E-state index in [1.165, 1.54) is 0 Å². The minimum absolute atomic E-state index is 0.104. The molecule has 0 radical (unpaired) electrons. The molecule has 5 heteroatoms. The summed E-state index contributed by atoms with van der Waals surface area (Å²) in [4.78, 5) is 0.280. The Kier molecular flexibility index (Phi) is 6.41. The van der Waals surface area contributed by atoms with Gasteiger partial charge in [-0.3, -0.25) is 0 Å². The van der Waals surface area contributed by atoms with Gasteiger partial charge in [-0.15, -0.1) is 0 Å². The van der Waals surface area contributed by atoms with E-state index >= 15 is 0 Å². The monoisotopic (exact) mass is 308 g/mol. The molecule has 0 spiro atoms. The third-order valence-electron chi connectivity index (χ3n) is 2.99. The Bertz CT molecular complexity index is 640. The molecule has 1 atom stereocenters. The Morgan fingerprint density at radius 3 is 2.52 bits per heavy atom. The summed E-state index contributed by atoms with van der Waals surface area (Å²) in [6.45, 7) is 8.05. The maximum atomic E-state index is 12.5. The van der Waals surface area contributed by atoms with Crippen molar-refractivity contribution < 1.29 is 8.42 Å². The molecule has 3 N–H and O–H groups in total. The van der Waals surface area contributed by atoms with Crippen molar-refractivity contribution in [3.8, 4) is 11.8 Å². The van der Waals surface area contributed by atoms with E-state index in [1.54, 1.807) is 25.1 Å². The summed E-state index contributed by atoms with van der Waals surface area (Å²) in [5.41, 5.74) is 6.70. The lowest BCUT2D eigenvalue weighted by Crippen LogP contribution is -2.33. The molecule has 0 bridgehead atoms. The summed E-state index contributed by atoms with van der Waals surface area (Å²) in [6, 6.07) is 5.06. The van der Waals surface area contributed by atoms with E-state index < -0.39 is 10.0 Å². The molecular formula is C16H24N2O2S. The maximum absolute atomic E-state index is 12.5. The van der Waals surface area contributed by atoms with Crippen LogP contribution < -0.4 is 10.5 Å². The van der Waals surface area contributed by atoms with Gasteiger partial charge in [-0.1, -0.05) is 31.8 Å². The number of nitrogens with two attached hydrogens (primary N) is 1. The highest BCUT2D eigenvalue weighted by Gasteiger charge is 2.20. The fraction of sp³-hybridized carbons (Fsp3) is 0.500. The van der Waals surface area contributed by atoms with E-state index in [0.29, 0.717) is 17.0 Å². The molecule has 0 fully saturated rings. The van der Waals surface area contributed by atoms with Gasteiger partial charge < -0.3 is 5.73 Å². The lowest BCUT2D eigenvalue weighted by atomic mass is 10.1. The molecule has 1 aromatic carbocycles. The average molecular weight is 308 g/mol. The first-order chi connectivity index (χ1) is 9.76. The minimum Gasteiger partial charge on any atom is -0.320 e. The van der Waals surface area contributed by atoms with Crippen LogP contribution in [0.1, 0.15) is 38.3 Å². The summed E-state index contributed by atoms with van der Waals surface area (Å²) >= 11 is 0. The van der Waals surface area contributed by atoms with Gasteiger partial charge in [-0.2, -0.15) is 0 Å². The van der Waals surface area contributed by atoms with Crippen molar-refractivity contribution in [1.29, 1.82) is 0 Å². The van der Waals surface area contributed by atoms with Crippen LogP contribution in [-0.4, -0.2) is 21.0 Å². The van der Waals surface area contributed by atoms with E-state index in [9.17, 15) is 8.42 Å². The van der Waals surface area contributed by atoms with Crippen LogP contribution in [0.5, 0.6) is 0 Å². The van der Waals surface area contributed by atoms with Crippen molar-refractivity contribution in [3.63, 3.8) is 0 Å². The number of hydrogen-bond donors (Lipinski definition) is 2. The Hall–Kier alpha value is -1.35. The molecule has 0 aliphatic heterocycles. The van der Waals surface area contributed by atoms with E-state index in [2.05, 4.69) is 30.4 Å². The van der Waals surface area contributed by atoms with Gasteiger partial charge in [0.1, 0.15) is 0 Å². The molecule has 1 unspecified atom stereocenters. The molecule has 4 nitrogen and oxygen atoms in total. The summed E-state index contributed by atoms with van der Waals surface area (Å²) in [5, 5.41) is 0. The van der Waals surface area contributed by atoms with Crippen molar-refractivity contribution in [2.24, 2.45) is 11.7 Å². The number of nitrogens with one attached hydrogen (secondary N) is 1. The zero-order chi connectivity index (χ0) is 16.0. The van der Waals surface area contributed by atoms with Gasteiger partial charge >= 0.3 is 0 Å². The third-order valence-corrected chi connectivity index (χ3v) is 4.73. The van der Waals surface area contributed by atoms with E-state index in [-0.39, 0.29) is 17.5 Å². The molecule has 0 amide bonds. The fourth-order valence-corrected chi connectivity index (χ4v) is 3.73. The molecule has 0 saturated heterocycles. The second-order valence-electron chi connectivity index (χ2n) is 5.64. The number of aryl methyl sites for hydroxylation is 1. The van der Waals surface area contributed by atoms with Crippen molar-refractivity contribution in [2.75, 3.05) is 6.54 Å². The van der Waals surface area contributed by atoms with Crippen LogP contribution in [0.2, 0.25) is 0 Å². The zero-order valence-electron chi connectivity index (χ0n) is 13.1. The largest absolute Gasteiger partial charge is 0.320 e. The van der Waals surface area contributed by atoms with Crippen LogP contribution in [0.15, 0.2) is 23.1 Å². The van der Waals surface area contributed by atoms with Crippen molar-refractivity contribution in [3.05, 3.63) is 29.3 Å². The Morgan fingerprint density at radius 1 is 1.29 bits per heavy atom. The predicted octanol–water partition coefficient (Wildman–Crippen LogP) is 2.02. The van der Waals surface area contributed by atoms with Gasteiger partial charge in [-0.25, -0.2) is 13.1 Å². The van der Waals surface area contributed by atoms with Gasteiger partial charge in [0.2, 0.25) is 10.0 Å². The molecule has 1 rings (SSSR count). The highest BCUT2D eigenvalue weighted by molar-refractivity contribution is 7.89. The second-order valence-corrected chi connectivity index (χ2v) is 7.32. The highest BCUT2D eigenvalue weighted by atomic mass is 32.2.